The van der Waals surface area contributed by atoms with Crippen LogP contribution in [-0.2, 0) is 0 Å². The van der Waals surface area contributed by atoms with E-state index >= 15 is 0 Å². The lowest BCUT2D eigenvalue weighted by Gasteiger charge is -2.38. The molecule has 1 fully saturated rings. The van der Waals surface area contributed by atoms with Crippen LogP contribution in [0.5, 0.6) is 0 Å². The van der Waals surface area contributed by atoms with E-state index in [1.165, 1.54) is 16.2 Å². The predicted octanol–water partition coefficient (Wildman–Crippen LogP) is 2.15. The number of amides is 1. The number of piperazine rings is 1. The van der Waals surface area contributed by atoms with Crippen LogP contribution in [0.1, 0.15) is 42.2 Å². The van der Waals surface area contributed by atoms with Crippen LogP contribution in [0.2, 0.25) is 0 Å². The summed E-state index contributed by atoms with van der Waals surface area (Å²) < 4.78 is 0. The van der Waals surface area contributed by atoms with Gasteiger partial charge in [-0.1, -0.05) is 13.8 Å². The molecule has 1 saturated heterocycles. The summed E-state index contributed by atoms with van der Waals surface area (Å²) in [5, 5.41) is 19.8. The Morgan fingerprint density at radius 1 is 1.33 bits per heavy atom. The molecule has 1 aliphatic heterocycles. The van der Waals surface area contributed by atoms with Crippen molar-refractivity contribution in [3.63, 3.8) is 0 Å². The van der Waals surface area contributed by atoms with Gasteiger partial charge in [-0.3, -0.25) is 0 Å². The van der Waals surface area contributed by atoms with Crippen molar-refractivity contribution >= 4 is 28.4 Å². The molecule has 8 heteroatoms. The van der Waals surface area contributed by atoms with Gasteiger partial charge >= 0.3 is 12.1 Å². The number of aromatic nitrogens is 1. The molecule has 0 radical (unpaired) electrons. The molecule has 2 rings (SSSR count). The molecule has 21 heavy (non-hydrogen) atoms. The highest BCUT2D eigenvalue weighted by atomic mass is 32.1. The fraction of sp³-hybridized carbons (Fsp3) is 0.615. The van der Waals surface area contributed by atoms with Crippen molar-refractivity contribution in [3.8, 4) is 0 Å². The number of nitrogens with zero attached hydrogens (tertiary/aromatic N) is 3. The van der Waals surface area contributed by atoms with Crippen molar-refractivity contribution in [1.29, 1.82) is 0 Å². The number of hydrogen-bond donors (Lipinski definition) is 2. The zero-order valence-corrected chi connectivity index (χ0v) is 13.1. The first kappa shape index (κ1) is 15.6. The minimum absolute atomic E-state index is 0.0691. The summed E-state index contributed by atoms with van der Waals surface area (Å²) in [7, 11) is 0. The predicted molar refractivity (Wildman–Crippen MR) is 79.6 cm³/mol. The van der Waals surface area contributed by atoms with Gasteiger partial charge in [0.25, 0.3) is 0 Å². The Bertz CT molecular complexity index is 558. The molecule has 2 heterocycles. The summed E-state index contributed by atoms with van der Waals surface area (Å²) in [4.78, 5) is 30.0. The summed E-state index contributed by atoms with van der Waals surface area (Å²) in [6.45, 7) is 7.09. The quantitative estimate of drug-likeness (QED) is 0.888. The highest BCUT2D eigenvalue weighted by Crippen LogP contribution is 2.33. The molecular formula is C13H19N3O4S. The average Bonchev–Trinajstić information content (AvgIpc) is 2.83. The first-order valence-corrected chi connectivity index (χ1v) is 7.61. The molecular weight excluding hydrogens is 294 g/mol. The van der Waals surface area contributed by atoms with Crippen LogP contribution in [-0.4, -0.2) is 57.8 Å². The third-order valence-corrected chi connectivity index (χ3v) is 4.90. The van der Waals surface area contributed by atoms with E-state index in [-0.39, 0.29) is 17.7 Å². The Labute approximate surface area is 126 Å². The van der Waals surface area contributed by atoms with Gasteiger partial charge in [0.1, 0.15) is 5.00 Å². The lowest BCUT2D eigenvalue weighted by atomic mass is 10.2. The molecule has 0 spiro atoms. The van der Waals surface area contributed by atoms with Crippen LogP contribution in [0.25, 0.3) is 0 Å². The zero-order valence-electron chi connectivity index (χ0n) is 12.2. The van der Waals surface area contributed by atoms with E-state index in [1.54, 1.807) is 0 Å². The third kappa shape index (κ3) is 3.10. The number of carboxylic acids is 1. The molecule has 116 valence electrons. The summed E-state index contributed by atoms with van der Waals surface area (Å²) in [5.74, 6) is -0.874. The van der Waals surface area contributed by atoms with Gasteiger partial charge in [0.15, 0.2) is 5.69 Å². The largest absolute Gasteiger partial charge is 0.476 e. The lowest BCUT2D eigenvalue weighted by Crippen LogP contribution is -2.53. The Hall–Kier alpha value is -1.83. The SMILES string of the molecule is CC(C)c1nc(C(=O)O)c(N2CCN(C(=O)O)[C@H](C)C2)s1. The molecule has 1 amide bonds. The smallest absolute Gasteiger partial charge is 0.407 e. The van der Waals surface area contributed by atoms with Gasteiger partial charge in [-0.25, -0.2) is 14.6 Å². The molecule has 0 saturated carbocycles. The monoisotopic (exact) mass is 313 g/mol. The second-order valence-electron chi connectivity index (χ2n) is 5.44. The summed E-state index contributed by atoms with van der Waals surface area (Å²) >= 11 is 1.38. The van der Waals surface area contributed by atoms with Crippen molar-refractivity contribution in [1.82, 2.24) is 9.88 Å². The van der Waals surface area contributed by atoms with Crippen molar-refractivity contribution in [2.45, 2.75) is 32.7 Å². The number of carboxylic acid groups (broad SMARTS) is 2. The van der Waals surface area contributed by atoms with E-state index in [4.69, 9.17) is 5.11 Å². The van der Waals surface area contributed by atoms with Gasteiger partial charge in [-0.05, 0) is 6.92 Å². The highest BCUT2D eigenvalue weighted by Gasteiger charge is 2.31. The topological polar surface area (TPSA) is 94.0 Å². The van der Waals surface area contributed by atoms with E-state index in [0.29, 0.717) is 24.6 Å². The van der Waals surface area contributed by atoms with E-state index in [2.05, 4.69) is 4.98 Å². The summed E-state index contributed by atoms with van der Waals surface area (Å²) in [6.07, 6.45) is -0.937. The fourth-order valence-electron chi connectivity index (χ4n) is 2.36. The Kier molecular flexibility index (Phi) is 4.36. The van der Waals surface area contributed by atoms with Crippen LogP contribution >= 0.6 is 11.3 Å². The summed E-state index contributed by atoms with van der Waals surface area (Å²) in [6, 6.07) is -0.178. The van der Waals surface area contributed by atoms with Crippen molar-refractivity contribution < 1.29 is 19.8 Å². The zero-order chi connectivity index (χ0) is 15.7. The molecule has 0 unspecified atom stereocenters. The second kappa shape index (κ2) is 5.88. The third-order valence-electron chi connectivity index (χ3n) is 3.48. The van der Waals surface area contributed by atoms with Crippen molar-refractivity contribution in [3.05, 3.63) is 10.7 Å². The van der Waals surface area contributed by atoms with Gasteiger partial charge in [0.2, 0.25) is 0 Å². The molecule has 0 aromatic carbocycles. The molecule has 7 nitrogen and oxygen atoms in total. The van der Waals surface area contributed by atoms with E-state index in [1.807, 2.05) is 25.7 Å². The number of thiazole rings is 1. The minimum atomic E-state index is -1.04. The molecule has 1 aliphatic rings. The van der Waals surface area contributed by atoms with Crippen LogP contribution in [0.4, 0.5) is 9.80 Å². The standard InChI is InChI=1S/C13H19N3O4S/c1-7(2)10-14-9(12(17)18)11(21-10)15-4-5-16(13(19)20)8(3)6-15/h7-8H,4-6H2,1-3H3,(H,17,18)(H,19,20)/t8-/m1/s1. The van der Waals surface area contributed by atoms with Gasteiger partial charge < -0.3 is 20.0 Å². The molecule has 1 aromatic heterocycles. The lowest BCUT2D eigenvalue weighted by molar-refractivity contribution is 0.0690. The van der Waals surface area contributed by atoms with E-state index in [9.17, 15) is 14.7 Å². The number of hydrogen-bond acceptors (Lipinski definition) is 5. The maximum Gasteiger partial charge on any atom is 0.407 e. The van der Waals surface area contributed by atoms with Crippen molar-refractivity contribution in [2.24, 2.45) is 0 Å². The molecule has 1 atom stereocenters. The maximum absolute atomic E-state index is 11.4. The Morgan fingerprint density at radius 2 is 2.00 bits per heavy atom. The number of anilines is 1. The van der Waals surface area contributed by atoms with Crippen LogP contribution in [0, 0.1) is 0 Å². The van der Waals surface area contributed by atoms with E-state index < -0.39 is 12.1 Å². The van der Waals surface area contributed by atoms with Gasteiger partial charge in [0.05, 0.1) is 5.01 Å². The van der Waals surface area contributed by atoms with Crippen molar-refractivity contribution in [2.75, 3.05) is 24.5 Å². The molecule has 0 aliphatic carbocycles. The fourth-order valence-corrected chi connectivity index (χ4v) is 3.45. The first-order valence-electron chi connectivity index (χ1n) is 6.79. The van der Waals surface area contributed by atoms with Crippen LogP contribution in [0.15, 0.2) is 0 Å². The molecule has 0 bridgehead atoms. The number of carbonyl (C=O) groups is 2. The Morgan fingerprint density at radius 3 is 2.48 bits per heavy atom. The normalized spacial score (nSPS) is 19.1. The molecule has 1 aromatic rings. The van der Waals surface area contributed by atoms with Crippen LogP contribution < -0.4 is 4.90 Å². The van der Waals surface area contributed by atoms with Gasteiger partial charge in [-0.15, -0.1) is 11.3 Å². The number of aromatic carboxylic acids is 1. The van der Waals surface area contributed by atoms with E-state index in [0.717, 1.165) is 5.01 Å². The highest BCUT2D eigenvalue weighted by molar-refractivity contribution is 7.16. The van der Waals surface area contributed by atoms with Crippen LogP contribution in [0.3, 0.4) is 0 Å². The van der Waals surface area contributed by atoms with Gasteiger partial charge in [0, 0.05) is 31.6 Å². The summed E-state index contributed by atoms with van der Waals surface area (Å²) in [5.41, 5.74) is 0.0691. The first-order chi connectivity index (χ1) is 9.81. The number of rotatable bonds is 3. The second-order valence-corrected chi connectivity index (χ2v) is 6.45. The Balaban J connectivity index is 2.26. The molecule has 2 N–H and O–H groups in total. The average molecular weight is 313 g/mol. The maximum atomic E-state index is 11.4. The van der Waals surface area contributed by atoms with Gasteiger partial charge in [-0.2, -0.15) is 0 Å². The minimum Gasteiger partial charge on any atom is -0.476 e.